The van der Waals surface area contributed by atoms with Crippen LogP contribution in [0.15, 0.2) is 23.0 Å². The Kier molecular flexibility index (Phi) is 4.61. The summed E-state index contributed by atoms with van der Waals surface area (Å²) >= 11 is 0. The molecule has 0 saturated heterocycles. The van der Waals surface area contributed by atoms with Gasteiger partial charge in [-0.1, -0.05) is 32.6 Å². The number of hydrogen-bond donors (Lipinski definition) is 1. The van der Waals surface area contributed by atoms with Crippen molar-refractivity contribution in [2.45, 2.75) is 45.1 Å². The maximum atomic E-state index is 5.96. The Balaban J connectivity index is 2.15. The highest BCUT2D eigenvalue weighted by molar-refractivity contribution is 5.10. The van der Waals surface area contributed by atoms with E-state index in [0.29, 0.717) is 0 Å². The third-order valence-electron chi connectivity index (χ3n) is 2.34. The molecule has 1 atom stereocenters. The Bertz CT molecular complexity index is 206. The Morgan fingerprint density at radius 1 is 1.38 bits per heavy atom. The molecule has 0 fully saturated rings. The fourth-order valence-electron chi connectivity index (χ4n) is 1.44. The van der Waals surface area contributed by atoms with E-state index in [1.165, 1.54) is 25.7 Å². The maximum absolute atomic E-state index is 5.96. The summed E-state index contributed by atoms with van der Waals surface area (Å²) in [7, 11) is 0. The predicted octanol–water partition coefficient (Wildman–Crippen LogP) is 3.25. The van der Waals surface area contributed by atoms with Crippen LogP contribution in [0.25, 0.3) is 0 Å². The van der Waals surface area contributed by atoms with Crippen molar-refractivity contribution in [2.24, 2.45) is 5.73 Å². The SMILES string of the molecule is CCCCCCC(N)c1ccoc1. The molecule has 0 aliphatic rings. The number of unbranched alkanes of at least 4 members (excludes halogenated alkanes) is 3. The van der Waals surface area contributed by atoms with Gasteiger partial charge in [0, 0.05) is 11.6 Å². The van der Waals surface area contributed by atoms with Gasteiger partial charge in [0.05, 0.1) is 12.5 Å². The molecule has 0 spiro atoms. The zero-order valence-corrected chi connectivity index (χ0v) is 8.33. The smallest absolute Gasteiger partial charge is 0.0950 e. The molecule has 0 saturated carbocycles. The van der Waals surface area contributed by atoms with Crippen LogP contribution in [-0.4, -0.2) is 0 Å². The zero-order valence-electron chi connectivity index (χ0n) is 8.33. The first-order chi connectivity index (χ1) is 6.34. The zero-order chi connectivity index (χ0) is 9.52. The minimum Gasteiger partial charge on any atom is -0.472 e. The van der Waals surface area contributed by atoms with E-state index in [4.69, 9.17) is 10.2 Å². The van der Waals surface area contributed by atoms with Crippen LogP contribution in [0.3, 0.4) is 0 Å². The second kappa shape index (κ2) is 5.81. The maximum Gasteiger partial charge on any atom is 0.0950 e. The van der Waals surface area contributed by atoms with Gasteiger partial charge in [0.1, 0.15) is 0 Å². The molecule has 2 N–H and O–H groups in total. The van der Waals surface area contributed by atoms with E-state index >= 15 is 0 Å². The minimum atomic E-state index is 0.163. The van der Waals surface area contributed by atoms with E-state index < -0.39 is 0 Å². The van der Waals surface area contributed by atoms with Gasteiger partial charge in [-0.05, 0) is 12.5 Å². The molecule has 1 aromatic heterocycles. The summed E-state index contributed by atoms with van der Waals surface area (Å²) < 4.78 is 4.98. The third kappa shape index (κ3) is 3.64. The van der Waals surface area contributed by atoms with E-state index in [1.807, 2.05) is 6.07 Å². The second-order valence-corrected chi connectivity index (χ2v) is 3.51. The molecule has 2 nitrogen and oxygen atoms in total. The van der Waals surface area contributed by atoms with Crippen molar-refractivity contribution in [1.82, 2.24) is 0 Å². The first kappa shape index (κ1) is 10.3. The molecular formula is C11H19NO. The van der Waals surface area contributed by atoms with Crippen LogP contribution in [-0.2, 0) is 0 Å². The molecule has 74 valence electrons. The van der Waals surface area contributed by atoms with Crippen LogP contribution in [0.2, 0.25) is 0 Å². The van der Waals surface area contributed by atoms with Gasteiger partial charge in [0.25, 0.3) is 0 Å². The Morgan fingerprint density at radius 3 is 2.85 bits per heavy atom. The monoisotopic (exact) mass is 181 g/mol. The molecule has 0 aliphatic carbocycles. The summed E-state index contributed by atoms with van der Waals surface area (Å²) in [5, 5.41) is 0. The summed E-state index contributed by atoms with van der Waals surface area (Å²) in [5.41, 5.74) is 7.08. The van der Waals surface area contributed by atoms with Crippen molar-refractivity contribution >= 4 is 0 Å². The summed E-state index contributed by atoms with van der Waals surface area (Å²) in [5.74, 6) is 0. The van der Waals surface area contributed by atoms with Crippen molar-refractivity contribution in [1.29, 1.82) is 0 Å². The lowest BCUT2D eigenvalue weighted by atomic mass is 10.0. The average Bonchev–Trinajstić information content (AvgIpc) is 2.65. The minimum absolute atomic E-state index is 0.163. The van der Waals surface area contributed by atoms with E-state index in [-0.39, 0.29) is 6.04 Å². The highest BCUT2D eigenvalue weighted by atomic mass is 16.3. The lowest BCUT2D eigenvalue weighted by Crippen LogP contribution is -2.08. The average molecular weight is 181 g/mol. The summed E-state index contributed by atoms with van der Waals surface area (Å²) in [4.78, 5) is 0. The summed E-state index contributed by atoms with van der Waals surface area (Å²) in [6, 6.07) is 2.11. The standard InChI is InChI=1S/C11H19NO/c1-2-3-4-5-6-11(12)10-7-8-13-9-10/h7-9,11H,2-6,12H2,1H3. The largest absolute Gasteiger partial charge is 0.472 e. The number of furan rings is 1. The van der Waals surface area contributed by atoms with E-state index in [9.17, 15) is 0 Å². The van der Waals surface area contributed by atoms with E-state index in [2.05, 4.69) is 6.92 Å². The number of hydrogen-bond acceptors (Lipinski definition) is 2. The normalized spacial score (nSPS) is 13.1. The van der Waals surface area contributed by atoms with Gasteiger partial charge in [0.15, 0.2) is 0 Å². The van der Waals surface area contributed by atoms with E-state index in [0.717, 1.165) is 12.0 Å². The van der Waals surface area contributed by atoms with Gasteiger partial charge in [-0.2, -0.15) is 0 Å². The quantitative estimate of drug-likeness (QED) is 0.684. The van der Waals surface area contributed by atoms with Crippen LogP contribution in [0.5, 0.6) is 0 Å². The predicted molar refractivity (Wildman–Crippen MR) is 54.4 cm³/mol. The highest BCUT2D eigenvalue weighted by Gasteiger charge is 2.05. The first-order valence-electron chi connectivity index (χ1n) is 5.12. The third-order valence-corrected chi connectivity index (χ3v) is 2.34. The molecule has 0 radical (unpaired) electrons. The number of rotatable bonds is 6. The van der Waals surface area contributed by atoms with Gasteiger partial charge in [-0.15, -0.1) is 0 Å². The van der Waals surface area contributed by atoms with E-state index in [1.54, 1.807) is 12.5 Å². The van der Waals surface area contributed by atoms with Crippen LogP contribution in [0.1, 0.15) is 50.6 Å². The van der Waals surface area contributed by atoms with Crippen LogP contribution < -0.4 is 5.73 Å². The first-order valence-corrected chi connectivity index (χ1v) is 5.12. The Labute approximate surface area is 80.1 Å². The van der Waals surface area contributed by atoms with Gasteiger partial charge < -0.3 is 10.2 Å². The summed E-state index contributed by atoms with van der Waals surface area (Å²) in [6.45, 7) is 2.22. The molecule has 0 bridgehead atoms. The van der Waals surface area contributed by atoms with Crippen LogP contribution in [0, 0.1) is 0 Å². The topological polar surface area (TPSA) is 39.2 Å². The van der Waals surface area contributed by atoms with Crippen molar-refractivity contribution in [3.63, 3.8) is 0 Å². The van der Waals surface area contributed by atoms with Gasteiger partial charge in [-0.3, -0.25) is 0 Å². The van der Waals surface area contributed by atoms with Gasteiger partial charge in [0.2, 0.25) is 0 Å². The molecule has 0 aliphatic heterocycles. The summed E-state index contributed by atoms with van der Waals surface area (Å²) in [6.07, 6.45) is 9.60. The van der Waals surface area contributed by atoms with Gasteiger partial charge in [-0.25, -0.2) is 0 Å². The molecule has 1 heterocycles. The highest BCUT2D eigenvalue weighted by Crippen LogP contribution is 2.17. The fraction of sp³-hybridized carbons (Fsp3) is 0.636. The fourth-order valence-corrected chi connectivity index (χ4v) is 1.44. The molecule has 1 aromatic rings. The lowest BCUT2D eigenvalue weighted by Gasteiger charge is -2.07. The van der Waals surface area contributed by atoms with Crippen molar-refractivity contribution < 1.29 is 4.42 Å². The molecule has 0 amide bonds. The second-order valence-electron chi connectivity index (χ2n) is 3.51. The molecule has 2 heteroatoms. The van der Waals surface area contributed by atoms with Crippen LogP contribution >= 0.6 is 0 Å². The number of nitrogens with two attached hydrogens (primary N) is 1. The molecular weight excluding hydrogens is 162 g/mol. The van der Waals surface area contributed by atoms with Gasteiger partial charge >= 0.3 is 0 Å². The molecule has 13 heavy (non-hydrogen) atoms. The van der Waals surface area contributed by atoms with Crippen molar-refractivity contribution in [3.8, 4) is 0 Å². The van der Waals surface area contributed by atoms with Crippen molar-refractivity contribution in [2.75, 3.05) is 0 Å². The molecule has 0 aromatic carbocycles. The van der Waals surface area contributed by atoms with Crippen molar-refractivity contribution in [3.05, 3.63) is 24.2 Å². The lowest BCUT2D eigenvalue weighted by molar-refractivity contribution is 0.539. The molecule has 1 rings (SSSR count). The Hall–Kier alpha value is -0.760. The Morgan fingerprint density at radius 2 is 2.23 bits per heavy atom. The van der Waals surface area contributed by atoms with Crippen LogP contribution in [0.4, 0.5) is 0 Å². The molecule has 1 unspecified atom stereocenters.